The number of aromatic hydroxyl groups is 1. The highest BCUT2D eigenvalue weighted by molar-refractivity contribution is 5.96. The second kappa shape index (κ2) is 12.3. The summed E-state index contributed by atoms with van der Waals surface area (Å²) < 4.78 is 4.80. The monoisotopic (exact) mass is 609 g/mol. The number of phenolic OH excluding ortho intramolecular Hbond substituents is 1. The lowest BCUT2D eigenvalue weighted by Crippen LogP contribution is -2.51. The Morgan fingerprint density at radius 1 is 1.14 bits per heavy atom. The van der Waals surface area contributed by atoms with Gasteiger partial charge in [-0.05, 0) is 105 Å². The number of amides is 1. The number of nitro groups is 1. The van der Waals surface area contributed by atoms with E-state index in [0.717, 1.165) is 63.1 Å². The number of carbonyl (C=O) groups is 3. The first-order valence-electron chi connectivity index (χ1n) is 15.6. The molecule has 0 saturated heterocycles. The van der Waals surface area contributed by atoms with E-state index >= 15 is 0 Å². The number of hydrogen-bond acceptors (Lipinski definition) is 9. The highest BCUT2D eigenvalue weighted by Gasteiger charge is 2.59. The number of benzene rings is 1. The lowest BCUT2D eigenvalue weighted by atomic mass is 9.46. The number of nitro benzene ring substituents is 1. The molecule has 0 aliphatic heterocycles. The summed E-state index contributed by atoms with van der Waals surface area (Å²) in [6.45, 7) is 6.13. The third kappa shape index (κ3) is 5.85. The zero-order valence-corrected chi connectivity index (χ0v) is 26.0. The fraction of sp³-hybridized carbons (Fsp3) is 0.636. The van der Waals surface area contributed by atoms with Crippen LogP contribution in [0.5, 0.6) is 5.75 Å². The molecule has 238 valence electrons. The predicted molar refractivity (Wildman–Crippen MR) is 162 cm³/mol. The minimum atomic E-state index is -1.11. The Morgan fingerprint density at radius 2 is 1.91 bits per heavy atom. The average molecular weight is 610 g/mol. The molecule has 5 rings (SSSR count). The molecule has 0 heterocycles. The van der Waals surface area contributed by atoms with Gasteiger partial charge >= 0.3 is 11.7 Å². The molecule has 1 aromatic carbocycles. The van der Waals surface area contributed by atoms with Crippen molar-refractivity contribution < 1.29 is 34.0 Å². The van der Waals surface area contributed by atoms with Gasteiger partial charge in [-0.25, -0.2) is 4.79 Å². The number of rotatable bonds is 9. The van der Waals surface area contributed by atoms with Crippen LogP contribution < -0.4 is 5.32 Å². The summed E-state index contributed by atoms with van der Waals surface area (Å²) >= 11 is 0. The smallest absolute Gasteiger partial charge is 0.328 e. The first kappa shape index (κ1) is 31.7. The summed E-state index contributed by atoms with van der Waals surface area (Å²) in [5.41, 5.74) is 2.30. The molecule has 3 saturated carbocycles. The Hall–Kier alpha value is -3.76. The van der Waals surface area contributed by atoms with Crippen LogP contribution in [0.2, 0.25) is 0 Å². The summed E-state index contributed by atoms with van der Waals surface area (Å²) in [6, 6.07) is 2.65. The highest BCUT2D eigenvalue weighted by Crippen LogP contribution is 2.66. The summed E-state index contributed by atoms with van der Waals surface area (Å²) in [4.78, 5) is 53.3. The molecule has 4 aliphatic carbocycles. The van der Waals surface area contributed by atoms with E-state index in [1.807, 2.05) is 0 Å². The normalized spacial score (nSPS) is 32.4. The quantitative estimate of drug-likeness (QED) is 0.224. The number of allylic oxidation sites excluding steroid dienone is 2. The number of esters is 1. The average Bonchev–Trinajstić information content (AvgIpc) is 3.35. The maximum absolute atomic E-state index is 12.7. The number of oxime groups is 1. The molecule has 11 heteroatoms. The standard InChI is InChI=1S/C33H43N3O8/c1-19(37)24-8-9-25-23-7-6-21-17-22(11-13-32(21,2)26(23)12-14-33(24,25)3)35-44-18-30(39)34-27(31(40)43-4)15-20-5-10-29(38)28(16-20)36(41)42/h5,10,16-17,23-27,38H,6-9,11-15,18H2,1-4H3,(H,34,39)/b35-22+/t23-,24+,25-,26-,27-,32+,33-/m1/s1. The van der Waals surface area contributed by atoms with Crippen molar-refractivity contribution in [1.82, 2.24) is 5.32 Å². The van der Waals surface area contributed by atoms with Crippen molar-refractivity contribution in [2.75, 3.05) is 13.7 Å². The summed E-state index contributed by atoms with van der Waals surface area (Å²) in [6.07, 6.45) is 10.4. The fourth-order valence-electron chi connectivity index (χ4n) is 9.13. The van der Waals surface area contributed by atoms with Crippen LogP contribution in [0, 0.1) is 44.6 Å². The van der Waals surface area contributed by atoms with Gasteiger partial charge in [0.2, 0.25) is 0 Å². The molecule has 1 amide bonds. The number of methoxy groups -OCH3 is 1. The Balaban J connectivity index is 1.19. The van der Waals surface area contributed by atoms with Gasteiger partial charge < -0.3 is 20.0 Å². The van der Waals surface area contributed by atoms with Crippen molar-refractivity contribution >= 4 is 29.1 Å². The molecule has 7 atom stereocenters. The summed E-state index contributed by atoms with van der Waals surface area (Å²) in [7, 11) is 1.18. The number of hydrogen-bond donors (Lipinski definition) is 2. The number of Topliss-reactive ketones (excluding diaryl/α,β-unsaturated/α-hetero) is 1. The number of carbonyl (C=O) groups excluding carboxylic acids is 3. The van der Waals surface area contributed by atoms with Gasteiger partial charge in [0.25, 0.3) is 5.91 Å². The van der Waals surface area contributed by atoms with Crippen molar-refractivity contribution in [3.63, 3.8) is 0 Å². The Labute approximate surface area is 257 Å². The number of nitrogens with one attached hydrogen (secondary N) is 1. The minimum Gasteiger partial charge on any atom is -0.502 e. The van der Waals surface area contributed by atoms with Gasteiger partial charge in [-0.1, -0.05) is 30.6 Å². The predicted octanol–water partition coefficient (Wildman–Crippen LogP) is 5.04. The van der Waals surface area contributed by atoms with Gasteiger partial charge in [0.05, 0.1) is 17.7 Å². The molecule has 0 spiro atoms. The van der Waals surface area contributed by atoms with Crippen LogP contribution in [0.4, 0.5) is 5.69 Å². The molecule has 44 heavy (non-hydrogen) atoms. The van der Waals surface area contributed by atoms with Crippen LogP contribution >= 0.6 is 0 Å². The van der Waals surface area contributed by atoms with E-state index in [4.69, 9.17) is 9.57 Å². The highest BCUT2D eigenvalue weighted by atomic mass is 16.6. The number of ketones is 1. The minimum absolute atomic E-state index is 0.0731. The Morgan fingerprint density at radius 3 is 2.61 bits per heavy atom. The Kier molecular flexibility index (Phi) is 8.87. The SMILES string of the molecule is COC(=O)[C@@H](Cc1ccc(O)c([N+](=O)[O-])c1)NC(=O)CO/N=C1/C=C2CC[C@@H]3[C@H]4CC[C@@H](C(C)=O)[C@@]4(C)CC[C@H]3[C@@]2(C)CC1. The van der Waals surface area contributed by atoms with Gasteiger partial charge in [0, 0.05) is 18.4 Å². The lowest BCUT2D eigenvalue weighted by molar-refractivity contribution is -0.385. The molecule has 1 aromatic rings. The van der Waals surface area contributed by atoms with Crippen LogP contribution in [0.3, 0.4) is 0 Å². The molecule has 11 nitrogen and oxygen atoms in total. The van der Waals surface area contributed by atoms with Crippen molar-refractivity contribution in [2.45, 2.75) is 84.6 Å². The zero-order valence-electron chi connectivity index (χ0n) is 26.0. The molecular weight excluding hydrogens is 566 g/mol. The second-order valence-corrected chi connectivity index (χ2v) is 13.6. The molecule has 0 bridgehead atoms. The molecule has 0 radical (unpaired) electrons. The first-order valence-corrected chi connectivity index (χ1v) is 15.6. The topological polar surface area (TPSA) is 157 Å². The van der Waals surface area contributed by atoms with Gasteiger partial charge in [-0.2, -0.15) is 0 Å². The second-order valence-electron chi connectivity index (χ2n) is 13.6. The molecule has 0 unspecified atom stereocenters. The summed E-state index contributed by atoms with van der Waals surface area (Å²) in [5, 5.41) is 27.7. The number of nitrogens with zero attached hydrogens (tertiary/aromatic N) is 2. The van der Waals surface area contributed by atoms with E-state index in [1.165, 1.54) is 24.8 Å². The molecule has 3 fully saturated rings. The zero-order chi connectivity index (χ0) is 31.8. The third-order valence-electron chi connectivity index (χ3n) is 11.3. The molecular formula is C33H43N3O8. The van der Waals surface area contributed by atoms with E-state index in [-0.39, 0.29) is 23.2 Å². The van der Waals surface area contributed by atoms with Crippen molar-refractivity contribution in [1.29, 1.82) is 0 Å². The lowest BCUT2D eigenvalue weighted by Gasteiger charge is -2.58. The van der Waals surface area contributed by atoms with Gasteiger partial charge in [-0.15, -0.1) is 0 Å². The largest absolute Gasteiger partial charge is 0.502 e. The Bertz CT molecular complexity index is 1410. The maximum Gasteiger partial charge on any atom is 0.328 e. The molecule has 2 N–H and O–H groups in total. The van der Waals surface area contributed by atoms with Crippen molar-refractivity contribution in [3.8, 4) is 5.75 Å². The van der Waals surface area contributed by atoms with Crippen LogP contribution in [-0.4, -0.2) is 53.2 Å². The van der Waals surface area contributed by atoms with E-state index < -0.39 is 40.9 Å². The number of fused-ring (bicyclic) bond motifs is 5. The van der Waals surface area contributed by atoms with E-state index in [2.05, 4.69) is 30.4 Å². The van der Waals surface area contributed by atoms with E-state index in [9.17, 15) is 29.6 Å². The van der Waals surface area contributed by atoms with Crippen LogP contribution in [-0.2, 0) is 30.4 Å². The van der Waals surface area contributed by atoms with E-state index in [1.54, 1.807) is 6.92 Å². The van der Waals surface area contributed by atoms with Gasteiger partial charge in [0.15, 0.2) is 12.4 Å². The number of ether oxygens (including phenoxy) is 1. The molecule has 4 aliphatic rings. The third-order valence-corrected chi connectivity index (χ3v) is 11.3. The maximum atomic E-state index is 12.7. The van der Waals surface area contributed by atoms with Crippen molar-refractivity contribution in [2.24, 2.45) is 39.7 Å². The van der Waals surface area contributed by atoms with Gasteiger partial charge in [-0.3, -0.25) is 19.7 Å². The van der Waals surface area contributed by atoms with Crippen LogP contribution in [0.15, 0.2) is 35.0 Å². The fourth-order valence-corrected chi connectivity index (χ4v) is 9.13. The summed E-state index contributed by atoms with van der Waals surface area (Å²) in [5.74, 6) is 0.626. The van der Waals surface area contributed by atoms with Crippen molar-refractivity contribution in [3.05, 3.63) is 45.5 Å². The molecule has 0 aromatic heterocycles. The number of phenols is 1. The van der Waals surface area contributed by atoms with Crippen LogP contribution in [0.25, 0.3) is 0 Å². The first-order chi connectivity index (χ1) is 20.9. The van der Waals surface area contributed by atoms with E-state index in [0.29, 0.717) is 29.1 Å². The van der Waals surface area contributed by atoms with Gasteiger partial charge in [0.1, 0.15) is 11.8 Å². The van der Waals surface area contributed by atoms with Crippen LogP contribution in [0.1, 0.15) is 77.7 Å².